The Labute approximate surface area is 147 Å². The fraction of sp³-hybridized carbons (Fsp3) is 0.263. The van der Waals surface area contributed by atoms with Gasteiger partial charge in [0.05, 0.1) is 19.9 Å². The summed E-state index contributed by atoms with van der Waals surface area (Å²) in [6, 6.07) is 13.9. The number of hydrogen-bond donors (Lipinski definition) is 2. The van der Waals surface area contributed by atoms with Crippen LogP contribution in [0.5, 0.6) is 11.5 Å². The number of hydrogen-bond acceptors (Lipinski definition) is 4. The number of benzene rings is 2. The van der Waals surface area contributed by atoms with Gasteiger partial charge in [-0.15, -0.1) is 0 Å². The van der Waals surface area contributed by atoms with Crippen LogP contribution in [0.2, 0.25) is 0 Å². The third-order valence-corrected chi connectivity index (χ3v) is 3.84. The summed E-state index contributed by atoms with van der Waals surface area (Å²) in [5.74, 6) is 0.376. The van der Waals surface area contributed by atoms with Crippen molar-refractivity contribution in [3.05, 3.63) is 48.5 Å². The van der Waals surface area contributed by atoms with E-state index in [1.165, 1.54) is 7.11 Å². The van der Waals surface area contributed by atoms with E-state index in [9.17, 15) is 9.59 Å². The normalized spacial score (nSPS) is 10.7. The molecule has 0 bridgehead atoms. The molecular weight excluding hydrogens is 320 g/mol. The van der Waals surface area contributed by atoms with Crippen LogP contribution in [0, 0.1) is 5.41 Å². The van der Waals surface area contributed by atoms with Crippen molar-refractivity contribution in [3.63, 3.8) is 0 Å². The molecule has 2 amide bonds. The fourth-order valence-electron chi connectivity index (χ4n) is 2.09. The van der Waals surface area contributed by atoms with Gasteiger partial charge in [-0.25, -0.2) is 0 Å². The molecule has 0 aliphatic rings. The number of para-hydroxylation sites is 2. The second kappa shape index (κ2) is 7.70. The number of rotatable bonds is 6. The van der Waals surface area contributed by atoms with Crippen molar-refractivity contribution in [2.24, 2.45) is 5.41 Å². The highest BCUT2D eigenvalue weighted by Crippen LogP contribution is 2.27. The number of nitrogens with one attached hydrogen (secondary N) is 2. The lowest BCUT2D eigenvalue weighted by atomic mass is 9.90. The zero-order valence-electron chi connectivity index (χ0n) is 14.8. The van der Waals surface area contributed by atoms with Crippen molar-refractivity contribution in [2.75, 3.05) is 24.9 Å². The minimum absolute atomic E-state index is 0.412. The summed E-state index contributed by atoms with van der Waals surface area (Å²) >= 11 is 0. The zero-order chi connectivity index (χ0) is 18.4. The first-order valence-corrected chi connectivity index (χ1v) is 7.78. The summed E-state index contributed by atoms with van der Waals surface area (Å²) in [6.45, 7) is 3.13. The van der Waals surface area contributed by atoms with Crippen LogP contribution in [-0.4, -0.2) is 26.0 Å². The van der Waals surface area contributed by atoms with E-state index in [0.717, 1.165) is 0 Å². The van der Waals surface area contributed by atoms with Gasteiger partial charge in [0.2, 0.25) is 11.8 Å². The molecule has 2 N–H and O–H groups in total. The van der Waals surface area contributed by atoms with Crippen molar-refractivity contribution in [3.8, 4) is 11.5 Å². The quantitative estimate of drug-likeness (QED) is 0.790. The Morgan fingerprint density at radius 1 is 0.840 bits per heavy atom. The maximum atomic E-state index is 12.6. The van der Waals surface area contributed by atoms with Gasteiger partial charge in [0, 0.05) is 5.69 Å². The molecule has 0 aliphatic heterocycles. The first-order chi connectivity index (χ1) is 11.9. The van der Waals surface area contributed by atoms with Crippen LogP contribution >= 0.6 is 0 Å². The van der Waals surface area contributed by atoms with Crippen LogP contribution in [0.3, 0.4) is 0 Å². The smallest absolute Gasteiger partial charge is 0.239 e. The predicted octanol–water partition coefficient (Wildman–Crippen LogP) is 3.31. The Morgan fingerprint density at radius 3 is 2.04 bits per heavy atom. The number of carbonyl (C=O) groups is 2. The van der Waals surface area contributed by atoms with E-state index in [4.69, 9.17) is 9.47 Å². The molecule has 2 aromatic rings. The van der Waals surface area contributed by atoms with Gasteiger partial charge in [-0.05, 0) is 50.2 Å². The average molecular weight is 342 g/mol. The second-order valence-electron chi connectivity index (χ2n) is 5.96. The molecule has 0 saturated carbocycles. The third kappa shape index (κ3) is 4.29. The summed E-state index contributed by atoms with van der Waals surface area (Å²) in [5, 5.41) is 5.48. The highest BCUT2D eigenvalue weighted by molar-refractivity contribution is 6.14. The van der Waals surface area contributed by atoms with Crippen molar-refractivity contribution in [2.45, 2.75) is 13.8 Å². The minimum atomic E-state index is -1.28. The molecule has 6 heteroatoms. The number of carbonyl (C=O) groups excluding carboxylic acids is 2. The summed E-state index contributed by atoms with van der Waals surface area (Å²) in [5.41, 5.74) is -0.176. The van der Waals surface area contributed by atoms with Gasteiger partial charge >= 0.3 is 0 Å². The zero-order valence-corrected chi connectivity index (χ0v) is 14.8. The van der Waals surface area contributed by atoms with Crippen molar-refractivity contribution in [1.82, 2.24) is 0 Å². The lowest BCUT2D eigenvalue weighted by Crippen LogP contribution is -2.41. The van der Waals surface area contributed by atoms with Crippen molar-refractivity contribution in [1.29, 1.82) is 0 Å². The Balaban J connectivity index is 2.09. The highest BCUT2D eigenvalue weighted by Gasteiger charge is 2.36. The molecule has 6 nitrogen and oxygen atoms in total. The first-order valence-electron chi connectivity index (χ1n) is 7.78. The first kappa shape index (κ1) is 18.3. The van der Waals surface area contributed by atoms with E-state index in [2.05, 4.69) is 10.6 Å². The Hall–Kier alpha value is -3.02. The van der Waals surface area contributed by atoms with Crippen LogP contribution in [0.15, 0.2) is 48.5 Å². The van der Waals surface area contributed by atoms with Crippen molar-refractivity contribution < 1.29 is 19.1 Å². The molecule has 0 aliphatic carbocycles. The van der Waals surface area contributed by atoms with Crippen LogP contribution in [0.4, 0.5) is 11.4 Å². The minimum Gasteiger partial charge on any atom is -0.497 e. The highest BCUT2D eigenvalue weighted by atomic mass is 16.5. The molecule has 0 spiro atoms. The molecule has 2 rings (SSSR count). The summed E-state index contributed by atoms with van der Waals surface area (Å²) in [6.07, 6.45) is 0. The molecule has 0 atom stereocenters. The van der Waals surface area contributed by atoms with E-state index >= 15 is 0 Å². The molecule has 0 unspecified atom stereocenters. The molecule has 0 radical (unpaired) electrons. The molecule has 132 valence electrons. The maximum Gasteiger partial charge on any atom is 0.239 e. The molecule has 0 aromatic heterocycles. The van der Waals surface area contributed by atoms with E-state index < -0.39 is 17.2 Å². The number of methoxy groups -OCH3 is 2. The molecule has 25 heavy (non-hydrogen) atoms. The van der Waals surface area contributed by atoms with Crippen LogP contribution < -0.4 is 20.1 Å². The molecule has 0 fully saturated rings. The van der Waals surface area contributed by atoms with Crippen LogP contribution in [0.1, 0.15) is 13.8 Å². The third-order valence-electron chi connectivity index (χ3n) is 3.84. The summed E-state index contributed by atoms with van der Waals surface area (Å²) in [4.78, 5) is 25.1. The Morgan fingerprint density at radius 2 is 1.44 bits per heavy atom. The van der Waals surface area contributed by atoms with Gasteiger partial charge < -0.3 is 20.1 Å². The second-order valence-corrected chi connectivity index (χ2v) is 5.96. The lowest BCUT2D eigenvalue weighted by Gasteiger charge is -2.23. The standard InChI is InChI=1S/C19H22N2O4/c1-19(2,17(22)20-13-9-11-14(24-3)12-10-13)18(23)21-15-7-5-6-8-16(15)25-4/h5-12H,1-4H3,(H,20,22)(H,21,23). The van der Waals surface area contributed by atoms with Crippen LogP contribution in [0.25, 0.3) is 0 Å². The van der Waals surface area contributed by atoms with Gasteiger partial charge in [0.15, 0.2) is 0 Å². The van der Waals surface area contributed by atoms with Crippen molar-refractivity contribution >= 4 is 23.2 Å². The number of ether oxygens (including phenoxy) is 2. The van der Waals surface area contributed by atoms with E-state index in [0.29, 0.717) is 22.9 Å². The summed E-state index contributed by atoms with van der Waals surface area (Å²) in [7, 11) is 3.09. The summed E-state index contributed by atoms with van der Waals surface area (Å²) < 4.78 is 10.3. The fourth-order valence-corrected chi connectivity index (χ4v) is 2.09. The van der Waals surface area contributed by atoms with Gasteiger partial charge in [-0.3, -0.25) is 9.59 Å². The van der Waals surface area contributed by atoms with Gasteiger partial charge in [0.1, 0.15) is 16.9 Å². The van der Waals surface area contributed by atoms with Gasteiger partial charge in [-0.1, -0.05) is 12.1 Å². The van der Waals surface area contributed by atoms with Gasteiger partial charge in [-0.2, -0.15) is 0 Å². The maximum absolute atomic E-state index is 12.6. The Kier molecular flexibility index (Phi) is 5.64. The van der Waals surface area contributed by atoms with E-state index in [1.54, 1.807) is 69.5 Å². The number of anilines is 2. The SMILES string of the molecule is COc1ccc(NC(=O)C(C)(C)C(=O)Nc2ccccc2OC)cc1. The molecule has 0 saturated heterocycles. The largest absolute Gasteiger partial charge is 0.497 e. The topological polar surface area (TPSA) is 76.7 Å². The lowest BCUT2D eigenvalue weighted by molar-refractivity contribution is -0.135. The van der Waals surface area contributed by atoms with Gasteiger partial charge in [0.25, 0.3) is 0 Å². The average Bonchev–Trinajstić information content (AvgIpc) is 2.62. The molecule has 2 aromatic carbocycles. The Bertz CT molecular complexity index is 754. The predicted molar refractivity (Wildman–Crippen MR) is 97.0 cm³/mol. The van der Waals surface area contributed by atoms with Crippen LogP contribution in [-0.2, 0) is 9.59 Å². The van der Waals surface area contributed by atoms with E-state index in [-0.39, 0.29) is 0 Å². The molecule has 0 heterocycles. The molecular formula is C19H22N2O4. The number of amides is 2. The van der Waals surface area contributed by atoms with E-state index in [1.807, 2.05) is 0 Å². The monoisotopic (exact) mass is 342 g/mol.